The zero-order valence-corrected chi connectivity index (χ0v) is 13.1. The van der Waals surface area contributed by atoms with Crippen LogP contribution in [0.5, 0.6) is 0 Å². The molecule has 1 amide bonds. The molecule has 1 aliphatic heterocycles. The number of hydrogen-bond acceptors (Lipinski definition) is 4. The lowest BCUT2D eigenvalue weighted by Gasteiger charge is -2.20. The number of carboxylic acids is 1. The van der Waals surface area contributed by atoms with Crippen molar-refractivity contribution in [3.8, 4) is 0 Å². The zero-order chi connectivity index (χ0) is 17.3. The molecule has 0 bridgehead atoms. The van der Waals surface area contributed by atoms with Crippen LogP contribution >= 0.6 is 11.3 Å². The van der Waals surface area contributed by atoms with E-state index >= 15 is 0 Å². The Morgan fingerprint density at radius 3 is 2.58 bits per heavy atom. The van der Waals surface area contributed by atoms with Gasteiger partial charge in [-0.1, -0.05) is 6.07 Å². The Hall–Kier alpha value is -2.32. The first-order valence-corrected chi connectivity index (χ1v) is 7.98. The van der Waals surface area contributed by atoms with Crippen LogP contribution in [0.3, 0.4) is 0 Å². The number of hydrogen-bond donors (Lipinski definition) is 2. The van der Waals surface area contributed by atoms with Gasteiger partial charge in [-0.3, -0.25) is 4.79 Å². The molecule has 2 heterocycles. The predicted octanol–water partition coefficient (Wildman–Crippen LogP) is 2.98. The Kier molecular flexibility index (Phi) is 4.59. The van der Waals surface area contributed by atoms with Gasteiger partial charge < -0.3 is 15.2 Å². The predicted molar refractivity (Wildman–Crippen MR) is 82.2 cm³/mol. The molecule has 1 saturated heterocycles. The summed E-state index contributed by atoms with van der Waals surface area (Å²) in [4.78, 5) is 23.5. The van der Waals surface area contributed by atoms with E-state index in [4.69, 9.17) is 9.84 Å². The van der Waals surface area contributed by atoms with E-state index in [9.17, 15) is 18.4 Å². The minimum atomic E-state index is -1.09. The number of halogens is 2. The van der Waals surface area contributed by atoms with E-state index in [2.05, 4.69) is 5.32 Å². The van der Waals surface area contributed by atoms with Gasteiger partial charge in [0.25, 0.3) is 5.91 Å². The van der Waals surface area contributed by atoms with Crippen molar-refractivity contribution in [2.24, 2.45) is 0 Å². The first-order valence-electron chi connectivity index (χ1n) is 7.16. The highest BCUT2D eigenvalue weighted by Crippen LogP contribution is 2.30. The highest BCUT2D eigenvalue weighted by Gasteiger charge is 2.32. The molecule has 0 spiro atoms. The fourth-order valence-corrected chi connectivity index (χ4v) is 3.32. The summed E-state index contributed by atoms with van der Waals surface area (Å²) in [6.45, 7) is 0.374. The van der Waals surface area contributed by atoms with Crippen LogP contribution in [0.4, 0.5) is 8.78 Å². The Balaban J connectivity index is 1.74. The maximum Gasteiger partial charge on any atom is 0.345 e. The monoisotopic (exact) mass is 353 g/mol. The molecule has 8 heteroatoms. The van der Waals surface area contributed by atoms with Crippen LogP contribution in [0.1, 0.15) is 37.4 Å². The Morgan fingerprint density at radius 1 is 1.17 bits per heavy atom. The standard InChI is InChI=1S/C16H13F2NO4S/c17-9-2-1-8(7-10(9)18)14-11(5-6-23-14)19-15(20)12-3-4-13(24-12)16(21)22/h1-4,7,11,14H,5-6H2,(H,19,20)(H,21,22). The fraction of sp³-hybridized carbons (Fsp3) is 0.250. The second-order valence-electron chi connectivity index (χ2n) is 5.30. The molecule has 0 radical (unpaired) electrons. The van der Waals surface area contributed by atoms with Gasteiger partial charge in [-0.2, -0.15) is 0 Å². The highest BCUT2D eigenvalue weighted by atomic mass is 32.1. The molecule has 1 aromatic heterocycles. The van der Waals surface area contributed by atoms with Crippen molar-refractivity contribution in [2.75, 3.05) is 6.61 Å². The molecule has 2 aromatic rings. The van der Waals surface area contributed by atoms with Gasteiger partial charge in [0.2, 0.25) is 0 Å². The molecular formula is C16H13F2NO4S. The SMILES string of the molecule is O=C(O)c1ccc(C(=O)NC2CCOC2c2ccc(F)c(F)c2)s1. The van der Waals surface area contributed by atoms with Gasteiger partial charge in [-0.15, -0.1) is 11.3 Å². The molecule has 24 heavy (non-hydrogen) atoms. The van der Waals surface area contributed by atoms with Crippen molar-refractivity contribution in [3.63, 3.8) is 0 Å². The van der Waals surface area contributed by atoms with Gasteiger partial charge in [-0.05, 0) is 36.2 Å². The van der Waals surface area contributed by atoms with Crippen LogP contribution in [-0.4, -0.2) is 29.6 Å². The summed E-state index contributed by atoms with van der Waals surface area (Å²) in [7, 11) is 0. The Bertz CT molecular complexity index is 792. The van der Waals surface area contributed by atoms with Crippen LogP contribution in [-0.2, 0) is 4.74 Å². The molecule has 0 aliphatic carbocycles. The van der Waals surface area contributed by atoms with Gasteiger partial charge in [0.1, 0.15) is 11.0 Å². The number of carboxylic acid groups (broad SMARTS) is 1. The fourth-order valence-electron chi connectivity index (χ4n) is 2.57. The lowest BCUT2D eigenvalue weighted by molar-refractivity contribution is 0.0702. The third-order valence-electron chi connectivity index (χ3n) is 3.72. The minimum Gasteiger partial charge on any atom is -0.477 e. The third kappa shape index (κ3) is 3.29. The summed E-state index contributed by atoms with van der Waals surface area (Å²) in [5.74, 6) is -3.44. The number of carbonyl (C=O) groups excluding carboxylic acids is 1. The largest absolute Gasteiger partial charge is 0.477 e. The molecule has 126 valence electrons. The van der Waals surface area contributed by atoms with E-state index in [1.54, 1.807) is 0 Å². The van der Waals surface area contributed by atoms with Gasteiger partial charge >= 0.3 is 5.97 Å². The van der Waals surface area contributed by atoms with Crippen molar-refractivity contribution in [1.29, 1.82) is 0 Å². The van der Waals surface area contributed by atoms with E-state index in [0.717, 1.165) is 23.5 Å². The number of ether oxygens (including phenoxy) is 1. The second-order valence-corrected chi connectivity index (χ2v) is 6.39. The molecule has 3 rings (SSSR count). The van der Waals surface area contributed by atoms with E-state index < -0.39 is 35.7 Å². The molecule has 2 atom stereocenters. The average Bonchev–Trinajstić information content (AvgIpc) is 3.19. The van der Waals surface area contributed by atoms with Crippen molar-refractivity contribution in [3.05, 3.63) is 57.3 Å². The topological polar surface area (TPSA) is 75.6 Å². The van der Waals surface area contributed by atoms with Gasteiger partial charge in [-0.25, -0.2) is 13.6 Å². The van der Waals surface area contributed by atoms with Crippen LogP contribution in [0.25, 0.3) is 0 Å². The van der Waals surface area contributed by atoms with Gasteiger partial charge in [0.05, 0.1) is 10.9 Å². The smallest absolute Gasteiger partial charge is 0.345 e. The quantitative estimate of drug-likeness (QED) is 0.886. The highest BCUT2D eigenvalue weighted by molar-refractivity contribution is 7.15. The first kappa shape index (κ1) is 16.5. The van der Waals surface area contributed by atoms with E-state index in [0.29, 0.717) is 18.6 Å². The molecule has 1 aliphatic rings. The minimum absolute atomic E-state index is 0.0694. The number of thiophene rings is 1. The van der Waals surface area contributed by atoms with Crippen LogP contribution in [0.2, 0.25) is 0 Å². The van der Waals surface area contributed by atoms with Crippen molar-refractivity contribution in [1.82, 2.24) is 5.32 Å². The number of benzene rings is 1. The molecular weight excluding hydrogens is 340 g/mol. The lowest BCUT2D eigenvalue weighted by Crippen LogP contribution is -2.36. The van der Waals surface area contributed by atoms with Crippen molar-refractivity contribution in [2.45, 2.75) is 18.6 Å². The summed E-state index contributed by atoms with van der Waals surface area (Å²) >= 11 is 0.872. The summed E-state index contributed by atoms with van der Waals surface area (Å²) in [6.07, 6.45) is -0.0602. The maximum atomic E-state index is 13.4. The number of carbonyl (C=O) groups is 2. The Labute approximate surface area is 139 Å². The van der Waals surface area contributed by atoms with E-state index in [1.807, 2.05) is 0 Å². The molecule has 1 aromatic carbocycles. The third-order valence-corrected chi connectivity index (χ3v) is 4.79. The van der Waals surface area contributed by atoms with E-state index in [-0.39, 0.29) is 9.75 Å². The lowest BCUT2D eigenvalue weighted by atomic mass is 10.0. The summed E-state index contributed by atoms with van der Waals surface area (Å²) in [6, 6.07) is 5.88. The molecule has 0 saturated carbocycles. The first-order chi connectivity index (χ1) is 11.5. The van der Waals surface area contributed by atoms with E-state index in [1.165, 1.54) is 18.2 Å². The molecule has 2 N–H and O–H groups in total. The molecule has 1 fully saturated rings. The Morgan fingerprint density at radius 2 is 1.92 bits per heavy atom. The number of amides is 1. The number of rotatable bonds is 4. The van der Waals surface area contributed by atoms with Crippen LogP contribution < -0.4 is 5.32 Å². The summed E-state index contributed by atoms with van der Waals surface area (Å²) < 4.78 is 32.0. The van der Waals surface area contributed by atoms with Crippen molar-refractivity contribution < 1.29 is 28.2 Å². The number of aromatic carboxylic acids is 1. The zero-order valence-electron chi connectivity index (χ0n) is 12.3. The van der Waals surface area contributed by atoms with Crippen molar-refractivity contribution >= 4 is 23.2 Å². The van der Waals surface area contributed by atoms with Gasteiger partial charge in [0.15, 0.2) is 11.6 Å². The average molecular weight is 353 g/mol. The molecule has 2 unspecified atom stereocenters. The van der Waals surface area contributed by atoms with Gasteiger partial charge in [0, 0.05) is 6.61 Å². The normalized spacial score (nSPS) is 20.1. The van der Waals surface area contributed by atoms with Crippen LogP contribution in [0, 0.1) is 11.6 Å². The summed E-state index contributed by atoms with van der Waals surface area (Å²) in [5.41, 5.74) is 0.439. The number of nitrogens with one attached hydrogen (secondary N) is 1. The van der Waals surface area contributed by atoms with Crippen LogP contribution in [0.15, 0.2) is 30.3 Å². The second kappa shape index (κ2) is 6.66. The maximum absolute atomic E-state index is 13.4. The summed E-state index contributed by atoms with van der Waals surface area (Å²) in [5, 5.41) is 11.7. The molecule has 5 nitrogen and oxygen atoms in total.